The first-order chi connectivity index (χ1) is 6.16. The van der Waals surface area contributed by atoms with E-state index in [-0.39, 0.29) is 0 Å². The van der Waals surface area contributed by atoms with Crippen molar-refractivity contribution >= 4 is 0 Å². The van der Waals surface area contributed by atoms with E-state index in [1.165, 1.54) is 12.8 Å². The van der Waals surface area contributed by atoms with Crippen molar-refractivity contribution in [2.24, 2.45) is 11.7 Å². The van der Waals surface area contributed by atoms with Crippen LogP contribution in [0.25, 0.3) is 0 Å². The third-order valence-electron chi connectivity index (χ3n) is 1.80. The highest BCUT2D eigenvalue weighted by atomic mass is 14.6. The third kappa shape index (κ3) is 8.93. The van der Waals surface area contributed by atoms with E-state index in [1.807, 2.05) is 18.2 Å². The van der Waals surface area contributed by atoms with Crippen molar-refractivity contribution < 1.29 is 0 Å². The Morgan fingerprint density at radius 2 is 2.08 bits per heavy atom. The van der Waals surface area contributed by atoms with Crippen LogP contribution in [0.5, 0.6) is 0 Å². The fourth-order valence-corrected chi connectivity index (χ4v) is 1.06. The van der Waals surface area contributed by atoms with Gasteiger partial charge >= 0.3 is 0 Å². The highest BCUT2D eigenvalue weighted by molar-refractivity contribution is 5.13. The van der Waals surface area contributed by atoms with Crippen LogP contribution in [-0.2, 0) is 0 Å². The van der Waals surface area contributed by atoms with Crippen LogP contribution in [0.4, 0.5) is 0 Å². The van der Waals surface area contributed by atoms with Crippen LogP contribution in [0.15, 0.2) is 36.6 Å². The molecule has 0 atom stereocenters. The second kappa shape index (κ2) is 7.66. The molecule has 1 heteroatoms. The monoisotopic (exact) mass is 179 g/mol. The van der Waals surface area contributed by atoms with E-state index < -0.39 is 0 Å². The van der Waals surface area contributed by atoms with E-state index >= 15 is 0 Å². The van der Waals surface area contributed by atoms with Crippen molar-refractivity contribution in [3.8, 4) is 0 Å². The summed E-state index contributed by atoms with van der Waals surface area (Å²) in [5.74, 6) is 0.775. The van der Waals surface area contributed by atoms with Gasteiger partial charge in [0.05, 0.1) is 0 Å². The summed E-state index contributed by atoms with van der Waals surface area (Å²) in [6, 6.07) is 0. The molecule has 0 aromatic heterocycles. The summed E-state index contributed by atoms with van der Waals surface area (Å²) in [4.78, 5) is 0. The summed E-state index contributed by atoms with van der Waals surface area (Å²) >= 11 is 0. The van der Waals surface area contributed by atoms with E-state index in [0.717, 1.165) is 18.0 Å². The molecule has 2 N–H and O–H groups in total. The van der Waals surface area contributed by atoms with Gasteiger partial charge in [-0.15, -0.1) is 0 Å². The third-order valence-corrected chi connectivity index (χ3v) is 1.80. The number of allylic oxidation sites excluding steroid dienone is 5. The molecule has 0 spiro atoms. The molecule has 13 heavy (non-hydrogen) atoms. The highest BCUT2D eigenvalue weighted by Gasteiger charge is 1.94. The first-order valence-electron chi connectivity index (χ1n) is 4.90. The summed E-state index contributed by atoms with van der Waals surface area (Å²) < 4.78 is 0. The SMILES string of the molecule is C=C/C=C\C=C(\N)CCCC(C)C. The lowest BCUT2D eigenvalue weighted by Gasteiger charge is -2.03. The van der Waals surface area contributed by atoms with Crippen LogP contribution in [-0.4, -0.2) is 0 Å². The Balaban J connectivity index is 3.60. The molecule has 0 aromatic carbocycles. The number of hydrogen-bond donors (Lipinski definition) is 1. The summed E-state index contributed by atoms with van der Waals surface area (Å²) in [5.41, 5.74) is 6.73. The maximum Gasteiger partial charge on any atom is 0.00804 e. The van der Waals surface area contributed by atoms with Gasteiger partial charge in [0.1, 0.15) is 0 Å². The Morgan fingerprint density at radius 3 is 2.62 bits per heavy atom. The minimum absolute atomic E-state index is 0.775. The number of nitrogens with two attached hydrogens (primary N) is 1. The van der Waals surface area contributed by atoms with Crippen molar-refractivity contribution in [1.29, 1.82) is 0 Å². The molecule has 0 saturated carbocycles. The van der Waals surface area contributed by atoms with Crippen LogP contribution in [0.1, 0.15) is 33.1 Å². The zero-order valence-electron chi connectivity index (χ0n) is 8.79. The molecule has 0 aliphatic heterocycles. The van der Waals surface area contributed by atoms with Gasteiger partial charge in [-0.1, -0.05) is 45.1 Å². The van der Waals surface area contributed by atoms with Gasteiger partial charge in [0.15, 0.2) is 0 Å². The molecular formula is C12H21N. The van der Waals surface area contributed by atoms with Gasteiger partial charge in [-0.25, -0.2) is 0 Å². The molecule has 0 unspecified atom stereocenters. The van der Waals surface area contributed by atoms with E-state index in [0.29, 0.717) is 0 Å². The summed E-state index contributed by atoms with van der Waals surface area (Å²) in [7, 11) is 0. The van der Waals surface area contributed by atoms with E-state index in [1.54, 1.807) is 6.08 Å². The average Bonchev–Trinajstić information content (AvgIpc) is 2.04. The topological polar surface area (TPSA) is 26.0 Å². The molecule has 0 saturated heterocycles. The van der Waals surface area contributed by atoms with E-state index in [9.17, 15) is 0 Å². The lowest BCUT2D eigenvalue weighted by molar-refractivity contribution is 0.554. The van der Waals surface area contributed by atoms with Crippen LogP contribution < -0.4 is 5.73 Å². The Morgan fingerprint density at radius 1 is 1.38 bits per heavy atom. The predicted molar refractivity (Wildman–Crippen MR) is 60.3 cm³/mol. The van der Waals surface area contributed by atoms with E-state index in [2.05, 4.69) is 20.4 Å². The average molecular weight is 179 g/mol. The Labute approximate surface area is 82.0 Å². The predicted octanol–water partition coefficient (Wildman–Crippen LogP) is 3.40. The van der Waals surface area contributed by atoms with Crippen molar-refractivity contribution in [2.75, 3.05) is 0 Å². The highest BCUT2D eigenvalue weighted by Crippen LogP contribution is 2.08. The zero-order valence-corrected chi connectivity index (χ0v) is 8.79. The molecule has 74 valence electrons. The molecule has 0 bridgehead atoms. The van der Waals surface area contributed by atoms with Crippen molar-refractivity contribution in [1.82, 2.24) is 0 Å². The van der Waals surface area contributed by atoms with Crippen molar-refractivity contribution in [2.45, 2.75) is 33.1 Å². The number of hydrogen-bond acceptors (Lipinski definition) is 1. The van der Waals surface area contributed by atoms with Gasteiger partial charge < -0.3 is 5.73 Å². The molecule has 0 heterocycles. The Hall–Kier alpha value is -0.980. The first kappa shape index (κ1) is 12.0. The molecule has 0 fully saturated rings. The minimum Gasteiger partial charge on any atom is -0.402 e. The summed E-state index contributed by atoms with van der Waals surface area (Å²) in [6.45, 7) is 8.05. The lowest BCUT2D eigenvalue weighted by Crippen LogP contribution is -1.97. The fraction of sp³-hybridized carbons (Fsp3) is 0.500. The van der Waals surface area contributed by atoms with Gasteiger partial charge in [-0.2, -0.15) is 0 Å². The maximum atomic E-state index is 5.78. The van der Waals surface area contributed by atoms with E-state index in [4.69, 9.17) is 5.73 Å². The van der Waals surface area contributed by atoms with Crippen LogP contribution in [0.2, 0.25) is 0 Å². The minimum atomic E-state index is 0.775. The second-order valence-corrected chi connectivity index (χ2v) is 3.65. The summed E-state index contributed by atoms with van der Waals surface area (Å²) in [6.07, 6.45) is 10.9. The Bertz CT molecular complexity index is 187. The standard InChI is InChI=1S/C12H21N/c1-4-5-6-9-12(13)10-7-8-11(2)3/h4-6,9,11H,1,7-8,10,13H2,2-3H3/b6-5-,12-9+. The van der Waals surface area contributed by atoms with Gasteiger partial charge in [-0.3, -0.25) is 0 Å². The first-order valence-corrected chi connectivity index (χ1v) is 4.90. The van der Waals surface area contributed by atoms with Crippen LogP contribution in [0.3, 0.4) is 0 Å². The van der Waals surface area contributed by atoms with Crippen LogP contribution >= 0.6 is 0 Å². The van der Waals surface area contributed by atoms with Crippen LogP contribution in [0, 0.1) is 5.92 Å². The van der Waals surface area contributed by atoms with Gasteiger partial charge in [-0.05, 0) is 24.8 Å². The molecular weight excluding hydrogens is 158 g/mol. The van der Waals surface area contributed by atoms with Gasteiger partial charge in [0, 0.05) is 5.70 Å². The molecule has 0 aromatic rings. The lowest BCUT2D eigenvalue weighted by atomic mass is 10.1. The maximum absolute atomic E-state index is 5.78. The fourth-order valence-electron chi connectivity index (χ4n) is 1.06. The van der Waals surface area contributed by atoms with Gasteiger partial charge in [0.2, 0.25) is 0 Å². The quantitative estimate of drug-likeness (QED) is 0.621. The number of rotatable bonds is 6. The molecule has 1 nitrogen and oxygen atoms in total. The Kier molecular flexibility index (Phi) is 7.08. The summed E-state index contributed by atoms with van der Waals surface area (Å²) in [5, 5.41) is 0. The molecule has 0 aliphatic rings. The molecule has 0 radical (unpaired) electrons. The van der Waals surface area contributed by atoms with Crippen molar-refractivity contribution in [3.05, 3.63) is 36.6 Å². The molecule has 0 rings (SSSR count). The van der Waals surface area contributed by atoms with Crippen molar-refractivity contribution in [3.63, 3.8) is 0 Å². The molecule has 0 amide bonds. The van der Waals surface area contributed by atoms with Gasteiger partial charge in [0.25, 0.3) is 0 Å². The largest absolute Gasteiger partial charge is 0.402 e. The molecule has 0 aliphatic carbocycles. The zero-order chi connectivity index (χ0) is 10.1. The smallest absolute Gasteiger partial charge is 0.00804 e. The normalized spacial score (nSPS) is 12.7. The second-order valence-electron chi connectivity index (χ2n) is 3.65.